The van der Waals surface area contributed by atoms with Crippen molar-refractivity contribution in [2.45, 2.75) is 32.6 Å². The fourth-order valence-corrected chi connectivity index (χ4v) is 2.45. The van der Waals surface area contributed by atoms with Gasteiger partial charge in [-0.2, -0.15) is 4.37 Å². The van der Waals surface area contributed by atoms with E-state index in [1.807, 2.05) is 18.2 Å². The Kier molecular flexibility index (Phi) is 4.95. The van der Waals surface area contributed by atoms with Crippen molar-refractivity contribution in [2.24, 2.45) is 0 Å². The summed E-state index contributed by atoms with van der Waals surface area (Å²) in [6.45, 7) is 8.23. The number of rotatable bonds is 6. The van der Waals surface area contributed by atoms with Gasteiger partial charge in [-0.25, -0.2) is 4.98 Å². The molecule has 0 saturated heterocycles. The Balaban J connectivity index is 1.67. The van der Waals surface area contributed by atoms with Crippen molar-refractivity contribution in [2.75, 3.05) is 23.7 Å². The second-order valence-corrected chi connectivity index (χ2v) is 6.50. The first-order valence-corrected chi connectivity index (χ1v) is 7.70. The highest BCUT2D eigenvalue weighted by Crippen LogP contribution is 2.22. The maximum absolute atomic E-state index is 4.51. The van der Waals surface area contributed by atoms with E-state index >= 15 is 0 Å². The van der Waals surface area contributed by atoms with Crippen molar-refractivity contribution < 1.29 is 0 Å². The second-order valence-electron chi connectivity index (χ2n) is 5.75. The summed E-state index contributed by atoms with van der Waals surface area (Å²) in [6.07, 6.45) is 1.04. The van der Waals surface area contributed by atoms with E-state index in [0.717, 1.165) is 30.5 Å². The molecule has 0 aliphatic heterocycles. The average molecular weight is 290 g/mol. The first-order chi connectivity index (χ1) is 9.55. The molecule has 0 unspecified atom stereocenters. The van der Waals surface area contributed by atoms with Gasteiger partial charge in [0, 0.05) is 35.7 Å². The third kappa shape index (κ3) is 4.49. The summed E-state index contributed by atoms with van der Waals surface area (Å²) in [7, 11) is 0. The summed E-state index contributed by atoms with van der Waals surface area (Å²) < 4.78 is 4.39. The summed E-state index contributed by atoms with van der Waals surface area (Å²) in [4.78, 5) is 4.51. The Hall–Kier alpha value is -1.62. The lowest BCUT2D eigenvalue weighted by Crippen LogP contribution is -2.13. The third-order valence-electron chi connectivity index (χ3n) is 2.83. The molecule has 1 aromatic carbocycles. The molecule has 20 heavy (non-hydrogen) atoms. The van der Waals surface area contributed by atoms with Crippen molar-refractivity contribution in [3.05, 3.63) is 36.2 Å². The molecular weight excluding hydrogens is 268 g/mol. The number of nitrogens with one attached hydrogen (secondary N) is 2. The molecule has 2 aromatic rings. The first kappa shape index (κ1) is 14.8. The van der Waals surface area contributed by atoms with Gasteiger partial charge in [-0.15, -0.1) is 0 Å². The van der Waals surface area contributed by atoms with Gasteiger partial charge < -0.3 is 10.6 Å². The Labute approximate surface area is 124 Å². The van der Waals surface area contributed by atoms with Crippen molar-refractivity contribution in [3.63, 3.8) is 0 Å². The predicted molar refractivity (Wildman–Crippen MR) is 86.6 cm³/mol. The Bertz CT molecular complexity index is 516. The van der Waals surface area contributed by atoms with Gasteiger partial charge in [0.1, 0.15) is 5.82 Å². The van der Waals surface area contributed by atoms with Gasteiger partial charge in [0.05, 0.1) is 0 Å². The molecule has 4 nitrogen and oxygen atoms in total. The minimum atomic E-state index is 0.0191. The van der Waals surface area contributed by atoms with E-state index in [1.165, 1.54) is 17.2 Å². The number of nitrogens with zero attached hydrogens (tertiary/aromatic N) is 2. The van der Waals surface area contributed by atoms with Gasteiger partial charge >= 0.3 is 0 Å². The molecule has 0 aliphatic rings. The Morgan fingerprint density at radius 3 is 2.40 bits per heavy atom. The van der Waals surface area contributed by atoms with Crippen LogP contribution in [-0.4, -0.2) is 22.4 Å². The van der Waals surface area contributed by atoms with Gasteiger partial charge in [-0.3, -0.25) is 0 Å². The van der Waals surface area contributed by atoms with E-state index in [0.29, 0.717) is 0 Å². The quantitative estimate of drug-likeness (QED) is 0.796. The molecule has 2 rings (SSSR count). The molecule has 0 atom stereocenters. The molecule has 1 aromatic heterocycles. The highest BCUT2D eigenvalue weighted by atomic mass is 32.1. The third-order valence-corrected chi connectivity index (χ3v) is 3.50. The van der Waals surface area contributed by atoms with Crippen LogP contribution in [0.2, 0.25) is 0 Å². The molecule has 2 N–H and O–H groups in total. The summed E-state index contributed by atoms with van der Waals surface area (Å²) in [5.41, 5.74) is 1.18. The highest BCUT2D eigenvalue weighted by Gasteiger charge is 2.19. The summed E-state index contributed by atoms with van der Waals surface area (Å²) >= 11 is 1.44. The van der Waals surface area contributed by atoms with Crippen LogP contribution in [0.1, 0.15) is 33.0 Å². The van der Waals surface area contributed by atoms with E-state index in [1.54, 1.807) is 0 Å². The SMILES string of the molecule is CC(C)(C)c1nsc(NCCCNc2ccccc2)n1. The zero-order valence-electron chi connectivity index (χ0n) is 12.3. The maximum Gasteiger partial charge on any atom is 0.202 e. The Morgan fingerprint density at radius 1 is 1.05 bits per heavy atom. The molecule has 0 radical (unpaired) electrons. The lowest BCUT2D eigenvalue weighted by Gasteiger charge is -2.12. The van der Waals surface area contributed by atoms with Crippen molar-refractivity contribution in [1.82, 2.24) is 9.36 Å². The average Bonchev–Trinajstić information content (AvgIpc) is 2.88. The summed E-state index contributed by atoms with van der Waals surface area (Å²) in [6, 6.07) is 10.3. The molecule has 0 spiro atoms. The fourth-order valence-electron chi connectivity index (χ4n) is 1.67. The molecule has 108 valence electrons. The number of benzene rings is 1. The standard InChI is InChI=1S/C15H22N4S/c1-15(2,3)13-18-14(20-19-13)17-11-7-10-16-12-8-5-4-6-9-12/h4-6,8-9,16H,7,10-11H2,1-3H3,(H,17,18,19). The molecule has 0 fully saturated rings. The monoisotopic (exact) mass is 290 g/mol. The van der Waals surface area contributed by atoms with E-state index in [-0.39, 0.29) is 5.41 Å². The van der Waals surface area contributed by atoms with Gasteiger partial charge in [0.25, 0.3) is 0 Å². The van der Waals surface area contributed by atoms with Gasteiger partial charge in [0.2, 0.25) is 5.13 Å². The molecule has 5 heteroatoms. The number of hydrogen-bond acceptors (Lipinski definition) is 5. The van der Waals surface area contributed by atoms with Crippen LogP contribution < -0.4 is 10.6 Å². The van der Waals surface area contributed by atoms with Crippen LogP contribution in [0.3, 0.4) is 0 Å². The molecule has 0 aliphatic carbocycles. The summed E-state index contributed by atoms with van der Waals surface area (Å²) in [5.74, 6) is 0.910. The van der Waals surface area contributed by atoms with Crippen molar-refractivity contribution in [3.8, 4) is 0 Å². The van der Waals surface area contributed by atoms with Gasteiger partial charge in [0.15, 0.2) is 0 Å². The molecular formula is C15H22N4S. The number of aromatic nitrogens is 2. The normalized spacial score (nSPS) is 11.3. The van der Waals surface area contributed by atoms with E-state index in [9.17, 15) is 0 Å². The lowest BCUT2D eigenvalue weighted by molar-refractivity contribution is 0.555. The zero-order chi connectivity index (χ0) is 14.4. The maximum atomic E-state index is 4.51. The number of para-hydroxylation sites is 1. The minimum Gasteiger partial charge on any atom is -0.385 e. The molecule has 0 amide bonds. The predicted octanol–water partition coefficient (Wildman–Crippen LogP) is 3.75. The van der Waals surface area contributed by atoms with Crippen LogP contribution in [0, 0.1) is 0 Å². The van der Waals surface area contributed by atoms with E-state index < -0.39 is 0 Å². The van der Waals surface area contributed by atoms with E-state index in [2.05, 4.69) is 52.9 Å². The van der Waals surface area contributed by atoms with Crippen LogP contribution in [0.5, 0.6) is 0 Å². The van der Waals surface area contributed by atoms with Crippen LogP contribution >= 0.6 is 11.5 Å². The molecule has 0 saturated carbocycles. The first-order valence-electron chi connectivity index (χ1n) is 6.93. The van der Waals surface area contributed by atoms with Crippen LogP contribution in [0.4, 0.5) is 10.8 Å². The van der Waals surface area contributed by atoms with E-state index in [4.69, 9.17) is 0 Å². The van der Waals surface area contributed by atoms with Gasteiger partial charge in [-0.1, -0.05) is 39.0 Å². The van der Waals surface area contributed by atoms with Gasteiger partial charge in [-0.05, 0) is 18.6 Å². The highest BCUT2D eigenvalue weighted by molar-refractivity contribution is 7.09. The minimum absolute atomic E-state index is 0.0191. The lowest BCUT2D eigenvalue weighted by atomic mass is 9.96. The van der Waals surface area contributed by atoms with Crippen LogP contribution in [0.15, 0.2) is 30.3 Å². The largest absolute Gasteiger partial charge is 0.385 e. The smallest absolute Gasteiger partial charge is 0.202 e. The topological polar surface area (TPSA) is 49.8 Å². The molecule has 1 heterocycles. The fraction of sp³-hybridized carbons (Fsp3) is 0.467. The van der Waals surface area contributed by atoms with Crippen molar-refractivity contribution >= 4 is 22.4 Å². The van der Waals surface area contributed by atoms with Crippen LogP contribution in [-0.2, 0) is 5.41 Å². The number of anilines is 2. The Morgan fingerprint density at radius 2 is 1.75 bits per heavy atom. The zero-order valence-corrected chi connectivity index (χ0v) is 13.1. The van der Waals surface area contributed by atoms with Crippen LogP contribution in [0.25, 0.3) is 0 Å². The molecule has 0 bridgehead atoms. The number of hydrogen-bond donors (Lipinski definition) is 2. The van der Waals surface area contributed by atoms with Crippen molar-refractivity contribution in [1.29, 1.82) is 0 Å². The summed E-state index contributed by atoms with van der Waals surface area (Å²) in [5, 5.41) is 7.63. The second kappa shape index (κ2) is 6.70.